The second-order valence-corrected chi connectivity index (χ2v) is 7.72. The molecule has 0 spiro atoms. The van der Waals surface area contributed by atoms with Gasteiger partial charge >= 0.3 is 17.6 Å². The Kier molecular flexibility index (Phi) is 7.21. The molecular formula is C21H25N5O8. The molecule has 1 aliphatic heterocycles. The molecule has 1 fully saturated rings. The second-order valence-electron chi connectivity index (χ2n) is 7.72. The lowest BCUT2D eigenvalue weighted by molar-refractivity contribution is -0.158. The third-order valence-electron chi connectivity index (χ3n) is 5.16. The van der Waals surface area contributed by atoms with Gasteiger partial charge in [0, 0.05) is 27.2 Å². The Balaban J connectivity index is 2.20. The summed E-state index contributed by atoms with van der Waals surface area (Å²) in [6, 6.07) is 0. The highest BCUT2D eigenvalue weighted by Gasteiger charge is 2.45. The molecular weight excluding hydrogens is 450 g/mol. The number of amides is 1. The van der Waals surface area contributed by atoms with E-state index in [1.807, 2.05) is 0 Å². The Morgan fingerprint density at radius 3 is 2.56 bits per heavy atom. The Bertz CT molecular complexity index is 1280. The number of H-pyrrole nitrogens is 1. The van der Waals surface area contributed by atoms with Crippen molar-refractivity contribution >= 4 is 35.0 Å². The van der Waals surface area contributed by atoms with Crippen LogP contribution in [0.1, 0.15) is 46.8 Å². The van der Waals surface area contributed by atoms with Gasteiger partial charge in [0.25, 0.3) is 5.56 Å². The third-order valence-corrected chi connectivity index (χ3v) is 5.16. The van der Waals surface area contributed by atoms with E-state index in [9.17, 15) is 24.0 Å². The smallest absolute Gasteiger partial charge is 0.333 e. The van der Waals surface area contributed by atoms with Crippen molar-refractivity contribution in [3.8, 4) is 12.3 Å². The van der Waals surface area contributed by atoms with Gasteiger partial charge < -0.3 is 14.2 Å². The number of carbonyl (C=O) groups excluding carboxylic acids is 3. The summed E-state index contributed by atoms with van der Waals surface area (Å²) in [5, 5.41) is 2.36. The molecule has 0 aromatic carbocycles. The largest absolute Gasteiger partial charge is 0.460 e. The number of aromatic amines is 1. The van der Waals surface area contributed by atoms with Gasteiger partial charge in [0.15, 0.2) is 17.4 Å². The predicted molar refractivity (Wildman–Crippen MR) is 118 cm³/mol. The summed E-state index contributed by atoms with van der Waals surface area (Å²) in [5.74, 6) is 0.485. The number of carbonyl (C=O) groups is 3. The van der Waals surface area contributed by atoms with E-state index in [0.717, 1.165) is 9.13 Å². The first kappa shape index (κ1) is 24.7. The molecule has 3 rings (SSSR count). The van der Waals surface area contributed by atoms with E-state index in [1.54, 1.807) is 6.92 Å². The molecule has 1 unspecified atom stereocenters. The minimum atomic E-state index is -1.20. The number of terminal acetylenes is 1. The van der Waals surface area contributed by atoms with Crippen molar-refractivity contribution in [2.45, 2.75) is 71.6 Å². The van der Waals surface area contributed by atoms with E-state index >= 15 is 0 Å². The average molecular weight is 475 g/mol. The van der Waals surface area contributed by atoms with Gasteiger partial charge in [0.1, 0.15) is 18.3 Å². The molecule has 182 valence electrons. The molecule has 2 N–H and O–H groups in total. The van der Waals surface area contributed by atoms with Crippen molar-refractivity contribution in [1.29, 1.82) is 0 Å². The Morgan fingerprint density at radius 1 is 1.29 bits per heavy atom. The molecule has 1 amide bonds. The molecule has 1 saturated heterocycles. The van der Waals surface area contributed by atoms with Crippen LogP contribution in [0.25, 0.3) is 11.2 Å². The van der Waals surface area contributed by atoms with Gasteiger partial charge in [-0.05, 0) is 6.42 Å². The van der Waals surface area contributed by atoms with Gasteiger partial charge in [-0.25, -0.2) is 9.36 Å². The van der Waals surface area contributed by atoms with Crippen LogP contribution in [0, 0.1) is 12.3 Å². The van der Waals surface area contributed by atoms with Crippen molar-refractivity contribution in [3.63, 3.8) is 0 Å². The van der Waals surface area contributed by atoms with Crippen LogP contribution in [0.4, 0.5) is 5.95 Å². The van der Waals surface area contributed by atoms with Crippen molar-refractivity contribution < 1.29 is 28.6 Å². The molecule has 0 saturated carbocycles. The number of esters is 2. The number of hydrogen-bond donors (Lipinski definition) is 2. The monoisotopic (exact) mass is 475 g/mol. The van der Waals surface area contributed by atoms with Crippen LogP contribution in [-0.4, -0.2) is 55.3 Å². The number of anilines is 1. The number of ether oxygens (including phenoxy) is 3. The van der Waals surface area contributed by atoms with E-state index in [-0.39, 0.29) is 30.1 Å². The zero-order chi connectivity index (χ0) is 25.2. The standard InChI is InChI=1S/C21H25N5O8/c1-6-8-25-16-17(23-20(22-10(3)27)24-18(16)30)26(21(25)31)19-15(33-12(5)29)9-14(34-19)13(7-2)32-11(4)28/h1,13-15,19H,7-9H2,2-5H3,(H2,22,23,24,27,30)/t13?,14-,15+,19+/m0/s1. The summed E-state index contributed by atoms with van der Waals surface area (Å²) in [5.41, 5.74) is -1.71. The summed E-state index contributed by atoms with van der Waals surface area (Å²) < 4.78 is 18.9. The van der Waals surface area contributed by atoms with Crippen molar-refractivity contribution in [1.82, 2.24) is 19.1 Å². The average Bonchev–Trinajstić information content (AvgIpc) is 3.24. The zero-order valence-corrected chi connectivity index (χ0v) is 19.1. The first-order valence-corrected chi connectivity index (χ1v) is 10.5. The number of nitrogens with zero attached hydrogens (tertiary/aromatic N) is 3. The number of fused-ring (bicyclic) bond motifs is 1. The van der Waals surface area contributed by atoms with Gasteiger partial charge in [0.05, 0.1) is 6.54 Å². The van der Waals surface area contributed by atoms with E-state index in [4.69, 9.17) is 20.6 Å². The molecule has 13 nitrogen and oxygen atoms in total. The first-order chi connectivity index (χ1) is 16.1. The van der Waals surface area contributed by atoms with E-state index < -0.39 is 53.6 Å². The molecule has 2 aromatic rings. The highest BCUT2D eigenvalue weighted by atomic mass is 16.6. The van der Waals surface area contributed by atoms with Crippen molar-refractivity contribution in [2.24, 2.45) is 0 Å². The fourth-order valence-corrected chi connectivity index (χ4v) is 3.96. The summed E-state index contributed by atoms with van der Waals surface area (Å²) in [7, 11) is 0. The zero-order valence-electron chi connectivity index (χ0n) is 19.1. The second kappa shape index (κ2) is 9.92. The summed E-state index contributed by atoms with van der Waals surface area (Å²) in [6.07, 6.45) is 2.38. The molecule has 1 aliphatic rings. The lowest BCUT2D eigenvalue weighted by Gasteiger charge is -2.22. The quantitative estimate of drug-likeness (QED) is 0.415. The summed E-state index contributed by atoms with van der Waals surface area (Å²) in [4.78, 5) is 67.5. The number of imidazole rings is 1. The van der Waals surface area contributed by atoms with Crippen LogP contribution < -0.4 is 16.6 Å². The fourth-order valence-electron chi connectivity index (χ4n) is 3.96. The van der Waals surface area contributed by atoms with Crippen molar-refractivity contribution in [3.05, 3.63) is 20.8 Å². The summed E-state index contributed by atoms with van der Waals surface area (Å²) in [6.45, 7) is 5.23. The highest BCUT2D eigenvalue weighted by molar-refractivity contribution is 5.87. The minimum Gasteiger partial charge on any atom is -0.460 e. The molecule has 0 bridgehead atoms. The van der Waals surface area contributed by atoms with Gasteiger partial charge in [0.2, 0.25) is 11.9 Å². The minimum absolute atomic E-state index is 0.117. The maximum absolute atomic E-state index is 13.4. The van der Waals surface area contributed by atoms with E-state index in [0.29, 0.717) is 6.42 Å². The normalized spacial score (nSPS) is 20.5. The Hall–Kier alpha value is -3.92. The predicted octanol–water partition coefficient (Wildman–Crippen LogP) is 0.0388. The lowest BCUT2D eigenvalue weighted by atomic mass is 10.1. The Labute approximate surface area is 193 Å². The number of aromatic nitrogens is 4. The van der Waals surface area contributed by atoms with Crippen LogP contribution >= 0.6 is 0 Å². The maximum Gasteiger partial charge on any atom is 0.333 e. The van der Waals surface area contributed by atoms with Crippen molar-refractivity contribution in [2.75, 3.05) is 5.32 Å². The van der Waals surface area contributed by atoms with Gasteiger partial charge in [-0.1, -0.05) is 12.8 Å². The van der Waals surface area contributed by atoms with Gasteiger partial charge in [-0.3, -0.25) is 34.0 Å². The van der Waals surface area contributed by atoms with Crippen LogP contribution in [-0.2, 0) is 35.1 Å². The molecule has 0 aliphatic carbocycles. The topological polar surface area (TPSA) is 164 Å². The fraction of sp³-hybridized carbons (Fsp3) is 0.524. The van der Waals surface area contributed by atoms with Crippen LogP contribution in [0.3, 0.4) is 0 Å². The van der Waals surface area contributed by atoms with E-state index in [1.165, 1.54) is 20.8 Å². The van der Waals surface area contributed by atoms with Crippen LogP contribution in [0.5, 0.6) is 0 Å². The SMILES string of the molecule is C#CCn1c(=O)n([C@@H]2O[C@H](C(CC)OC(C)=O)C[C@H]2OC(C)=O)c2nc(NC(C)=O)[nH]c(=O)c21. The van der Waals surface area contributed by atoms with E-state index in [2.05, 4.69) is 21.2 Å². The lowest BCUT2D eigenvalue weighted by Crippen LogP contribution is -2.34. The molecule has 13 heteroatoms. The number of rotatable bonds is 7. The van der Waals surface area contributed by atoms with Crippen LogP contribution in [0.2, 0.25) is 0 Å². The third kappa shape index (κ3) is 4.86. The Morgan fingerprint density at radius 2 is 2.00 bits per heavy atom. The number of hydrogen-bond acceptors (Lipinski definition) is 9. The highest BCUT2D eigenvalue weighted by Crippen LogP contribution is 2.35. The summed E-state index contributed by atoms with van der Waals surface area (Å²) >= 11 is 0. The molecule has 3 heterocycles. The maximum atomic E-state index is 13.4. The molecule has 4 atom stereocenters. The molecule has 34 heavy (non-hydrogen) atoms. The first-order valence-electron chi connectivity index (χ1n) is 10.5. The molecule has 0 radical (unpaired) electrons. The molecule has 2 aromatic heterocycles. The number of nitrogens with one attached hydrogen (secondary N) is 2. The van der Waals surface area contributed by atoms with Crippen LogP contribution in [0.15, 0.2) is 9.59 Å². The van der Waals surface area contributed by atoms with Gasteiger partial charge in [-0.2, -0.15) is 4.98 Å². The van der Waals surface area contributed by atoms with Gasteiger partial charge in [-0.15, -0.1) is 6.42 Å².